The molecule has 0 aromatic carbocycles. The van der Waals surface area contributed by atoms with Gasteiger partial charge in [0.1, 0.15) is 0 Å². The summed E-state index contributed by atoms with van der Waals surface area (Å²) in [6.07, 6.45) is 1.55. The van der Waals surface area contributed by atoms with E-state index in [9.17, 15) is 9.59 Å². The van der Waals surface area contributed by atoms with E-state index in [1.54, 1.807) is 0 Å². The lowest BCUT2D eigenvalue weighted by Gasteiger charge is -2.19. The van der Waals surface area contributed by atoms with Crippen LogP contribution in [0.3, 0.4) is 0 Å². The molecule has 4 nitrogen and oxygen atoms in total. The molecule has 1 aliphatic heterocycles. The summed E-state index contributed by atoms with van der Waals surface area (Å²) in [4.78, 5) is 24.3. The molecule has 1 saturated carbocycles. The molecule has 2 rings (SSSR count). The van der Waals surface area contributed by atoms with Crippen LogP contribution >= 0.6 is 0 Å². The summed E-state index contributed by atoms with van der Waals surface area (Å²) >= 11 is 0. The third kappa shape index (κ3) is 1.98. The van der Waals surface area contributed by atoms with Gasteiger partial charge in [-0.1, -0.05) is 13.8 Å². The van der Waals surface area contributed by atoms with E-state index in [0.29, 0.717) is 6.42 Å². The lowest BCUT2D eigenvalue weighted by atomic mass is 9.93. The highest BCUT2D eigenvalue weighted by molar-refractivity contribution is 5.89. The molecule has 1 saturated heterocycles. The molecule has 2 atom stereocenters. The molecule has 0 unspecified atom stereocenters. The number of aliphatic carboxylic acids is 1. The maximum atomic E-state index is 11.9. The van der Waals surface area contributed by atoms with Crippen LogP contribution in [0.5, 0.6) is 0 Å². The molecule has 1 N–H and O–H groups in total. The molecule has 1 amide bonds. The Morgan fingerprint density at radius 1 is 1.33 bits per heavy atom. The second-order valence-electron chi connectivity index (χ2n) is 5.46. The van der Waals surface area contributed by atoms with Crippen LogP contribution in [0.4, 0.5) is 0 Å². The summed E-state index contributed by atoms with van der Waals surface area (Å²) in [6.45, 7) is 5.84. The topological polar surface area (TPSA) is 57.6 Å². The summed E-state index contributed by atoms with van der Waals surface area (Å²) < 4.78 is 0. The van der Waals surface area contributed by atoms with Gasteiger partial charge in [0.05, 0.1) is 11.8 Å². The van der Waals surface area contributed by atoms with Crippen LogP contribution in [0.1, 0.15) is 26.7 Å². The van der Waals surface area contributed by atoms with Gasteiger partial charge in [0.25, 0.3) is 0 Å². The summed E-state index contributed by atoms with van der Waals surface area (Å²) in [5.41, 5.74) is 0.198. The molecular weight excluding hydrogens is 194 g/mol. The predicted molar refractivity (Wildman–Crippen MR) is 54.2 cm³/mol. The summed E-state index contributed by atoms with van der Waals surface area (Å²) in [7, 11) is 0. The Morgan fingerprint density at radius 2 is 2.00 bits per heavy atom. The molecule has 0 radical (unpaired) electrons. The van der Waals surface area contributed by atoms with E-state index in [4.69, 9.17) is 5.11 Å². The monoisotopic (exact) mass is 211 g/mol. The van der Waals surface area contributed by atoms with Crippen LogP contribution in [0, 0.1) is 17.3 Å². The molecule has 84 valence electrons. The maximum Gasteiger partial charge on any atom is 0.307 e. The van der Waals surface area contributed by atoms with Crippen molar-refractivity contribution in [3.8, 4) is 0 Å². The number of hydrogen-bond donors (Lipinski definition) is 1. The average Bonchev–Trinajstić information content (AvgIpc) is 2.84. The standard InChI is InChI=1S/C11H17NO3/c1-11(2)3-4-12(6-11)9(13)7-5-8(7)10(14)15/h7-8H,3-6H2,1-2H3,(H,14,15)/t7-,8+/m1/s1. The van der Waals surface area contributed by atoms with Gasteiger partial charge in [-0.2, -0.15) is 0 Å². The van der Waals surface area contributed by atoms with Gasteiger partial charge in [0.15, 0.2) is 0 Å². The van der Waals surface area contributed by atoms with Gasteiger partial charge >= 0.3 is 5.97 Å². The lowest BCUT2D eigenvalue weighted by molar-refractivity contribution is -0.141. The predicted octanol–water partition coefficient (Wildman–Crippen LogP) is 0.966. The van der Waals surface area contributed by atoms with Crippen LogP contribution < -0.4 is 0 Å². The Morgan fingerprint density at radius 3 is 2.40 bits per heavy atom. The van der Waals surface area contributed by atoms with Gasteiger partial charge in [-0.25, -0.2) is 0 Å². The van der Waals surface area contributed by atoms with Crippen LogP contribution in [0.25, 0.3) is 0 Å². The number of nitrogens with zero attached hydrogens (tertiary/aromatic N) is 1. The molecule has 1 heterocycles. The third-order valence-corrected chi connectivity index (χ3v) is 3.41. The van der Waals surface area contributed by atoms with Crippen molar-refractivity contribution in [1.82, 2.24) is 4.90 Å². The first-order valence-corrected chi connectivity index (χ1v) is 5.42. The first-order chi connectivity index (χ1) is 6.91. The molecule has 0 aromatic heterocycles. The van der Waals surface area contributed by atoms with Gasteiger partial charge in [0.2, 0.25) is 5.91 Å². The average molecular weight is 211 g/mol. The smallest absolute Gasteiger partial charge is 0.307 e. The van der Waals surface area contributed by atoms with Crippen LogP contribution in [-0.2, 0) is 9.59 Å². The normalized spacial score (nSPS) is 32.8. The van der Waals surface area contributed by atoms with Gasteiger partial charge in [0, 0.05) is 13.1 Å². The highest BCUT2D eigenvalue weighted by Gasteiger charge is 2.51. The summed E-state index contributed by atoms with van der Waals surface area (Å²) in [6, 6.07) is 0. The number of rotatable bonds is 2. The number of likely N-dealkylation sites (tertiary alicyclic amines) is 1. The minimum atomic E-state index is -0.827. The highest BCUT2D eigenvalue weighted by Crippen LogP contribution is 2.42. The number of carboxylic acid groups (broad SMARTS) is 1. The number of amides is 1. The van der Waals surface area contributed by atoms with Gasteiger partial charge in [-0.05, 0) is 18.3 Å². The Labute approximate surface area is 89.3 Å². The molecule has 0 aromatic rings. The first kappa shape index (κ1) is 10.5. The summed E-state index contributed by atoms with van der Waals surface area (Å²) in [5, 5.41) is 8.75. The molecule has 4 heteroatoms. The van der Waals surface area contributed by atoms with Gasteiger partial charge < -0.3 is 10.0 Å². The van der Waals surface area contributed by atoms with Crippen LogP contribution in [-0.4, -0.2) is 35.0 Å². The van der Waals surface area contributed by atoms with Crippen molar-refractivity contribution in [2.75, 3.05) is 13.1 Å². The van der Waals surface area contributed by atoms with E-state index in [1.807, 2.05) is 4.90 Å². The molecule has 0 bridgehead atoms. The Kier molecular flexibility index (Phi) is 2.24. The third-order valence-electron chi connectivity index (χ3n) is 3.41. The number of carboxylic acids is 1. The second kappa shape index (κ2) is 3.22. The van der Waals surface area contributed by atoms with E-state index in [0.717, 1.165) is 19.5 Å². The van der Waals surface area contributed by atoms with Gasteiger partial charge in [-0.3, -0.25) is 9.59 Å². The Balaban J connectivity index is 1.92. The van der Waals surface area contributed by atoms with Crippen molar-refractivity contribution in [3.63, 3.8) is 0 Å². The van der Waals surface area contributed by atoms with Crippen molar-refractivity contribution < 1.29 is 14.7 Å². The Hall–Kier alpha value is -1.06. The zero-order chi connectivity index (χ0) is 11.2. The van der Waals surface area contributed by atoms with Gasteiger partial charge in [-0.15, -0.1) is 0 Å². The number of carbonyl (C=O) groups is 2. The van der Waals surface area contributed by atoms with Crippen molar-refractivity contribution in [1.29, 1.82) is 0 Å². The van der Waals surface area contributed by atoms with E-state index in [-0.39, 0.29) is 17.2 Å². The minimum Gasteiger partial charge on any atom is -0.481 e. The zero-order valence-corrected chi connectivity index (χ0v) is 9.19. The van der Waals surface area contributed by atoms with Crippen molar-refractivity contribution >= 4 is 11.9 Å². The van der Waals surface area contributed by atoms with E-state index in [1.165, 1.54) is 0 Å². The van der Waals surface area contributed by atoms with E-state index >= 15 is 0 Å². The van der Waals surface area contributed by atoms with E-state index < -0.39 is 11.9 Å². The highest BCUT2D eigenvalue weighted by atomic mass is 16.4. The molecule has 0 spiro atoms. The Bertz CT molecular complexity index is 311. The molecule has 1 aliphatic carbocycles. The SMILES string of the molecule is CC1(C)CCN(C(=O)[C@@H]2C[C@@H]2C(=O)O)C1. The quantitative estimate of drug-likeness (QED) is 0.740. The number of carbonyl (C=O) groups excluding carboxylic acids is 1. The first-order valence-electron chi connectivity index (χ1n) is 5.42. The van der Waals surface area contributed by atoms with E-state index in [2.05, 4.69) is 13.8 Å². The van der Waals surface area contributed by atoms with Crippen molar-refractivity contribution in [2.24, 2.45) is 17.3 Å². The number of hydrogen-bond acceptors (Lipinski definition) is 2. The molecule has 2 aliphatic rings. The van der Waals surface area contributed by atoms with Crippen LogP contribution in [0.2, 0.25) is 0 Å². The molecular formula is C11H17NO3. The molecule has 15 heavy (non-hydrogen) atoms. The zero-order valence-electron chi connectivity index (χ0n) is 9.19. The summed E-state index contributed by atoms with van der Waals surface area (Å²) in [5.74, 6) is -1.43. The fourth-order valence-corrected chi connectivity index (χ4v) is 2.28. The fourth-order valence-electron chi connectivity index (χ4n) is 2.28. The van der Waals surface area contributed by atoms with Crippen LogP contribution in [0.15, 0.2) is 0 Å². The lowest BCUT2D eigenvalue weighted by Crippen LogP contribution is -2.32. The largest absolute Gasteiger partial charge is 0.481 e. The van der Waals surface area contributed by atoms with Crippen molar-refractivity contribution in [2.45, 2.75) is 26.7 Å². The molecule has 2 fully saturated rings. The van der Waals surface area contributed by atoms with Crippen molar-refractivity contribution in [3.05, 3.63) is 0 Å². The maximum absolute atomic E-state index is 11.9. The second-order valence-corrected chi connectivity index (χ2v) is 5.46. The fraction of sp³-hybridized carbons (Fsp3) is 0.818. The minimum absolute atomic E-state index is 0.0491.